The normalized spacial score (nSPS) is 19.3. The van der Waals surface area contributed by atoms with Crippen LogP contribution < -0.4 is 10.2 Å². The van der Waals surface area contributed by atoms with Crippen molar-refractivity contribution in [3.63, 3.8) is 0 Å². The number of nitriles is 1. The zero-order valence-electron chi connectivity index (χ0n) is 12.4. The van der Waals surface area contributed by atoms with Gasteiger partial charge in [-0.25, -0.2) is 13.8 Å². The predicted octanol–water partition coefficient (Wildman–Crippen LogP) is 0.864. The lowest BCUT2D eigenvalue weighted by molar-refractivity contribution is -0.121. The van der Waals surface area contributed by atoms with Crippen LogP contribution in [0.15, 0.2) is 29.4 Å². The van der Waals surface area contributed by atoms with E-state index < -0.39 is 9.84 Å². The zero-order valence-corrected chi connectivity index (χ0v) is 13.3. The highest BCUT2D eigenvalue weighted by molar-refractivity contribution is 7.91. The van der Waals surface area contributed by atoms with Crippen LogP contribution in [0.4, 0.5) is 0 Å². The molecule has 0 radical (unpaired) electrons. The summed E-state index contributed by atoms with van der Waals surface area (Å²) in [5, 5.41) is 12.3. The van der Waals surface area contributed by atoms with E-state index in [4.69, 9.17) is 10.00 Å². The second-order valence-electron chi connectivity index (χ2n) is 5.28. The molecule has 0 saturated carbocycles. The highest BCUT2D eigenvalue weighted by atomic mass is 32.2. The fraction of sp³-hybridized carbons (Fsp3) is 0.400. The highest BCUT2D eigenvalue weighted by Crippen LogP contribution is 2.21. The summed E-state index contributed by atoms with van der Waals surface area (Å²) in [7, 11) is -2.97. The van der Waals surface area contributed by atoms with Crippen molar-refractivity contribution in [1.29, 1.82) is 5.26 Å². The van der Waals surface area contributed by atoms with E-state index in [-0.39, 0.29) is 36.4 Å². The molecule has 23 heavy (non-hydrogen) atoms. The summed E-state index contributed by atoms with van der Waals surface area (Å²) in [5.41, 5.74) is 3.16. The van der Waals surface area contributed by atoms with Gasteiger partial charge in [-0.05, 0) is 42.2 Å². The van der Waals surface area contributed by atoms with Gasteiger partial charge in [0.05, 0.1) is 17.7 Å². The minimum absolute atomic E-state index is 0.0135. The first kappa shape index (κ1) is 17.0. The summed E-state index contributed by atoms with van der Waals surface area (Å²) >= 11 is 0. The quantitative estimate of drug-likeness (QED) is 0.613. The molecular formula is C15H17N3O4S. The number of carbonyl (C=O) groups excluding carboxylic acids is 1. The number of hydrogen-bond acceptors (Lipinski definition) is 6. The summed E-state index contributed by atoms with van der Waals surface area (Å²) in [4.78, 5) is 11.7. The standard InChI is InChI=1S/C15H17N3O4S/c16-6-7-22-14-3-1-12(2-4-14)10-17-18-15(19)9-13-5-8-23(20,21)11-13/h1-4,10,13H,5,7-9,11H2,(H,18,19)/b17-10-/t13-/m1/s1. The summed E-state index contributed by atoms with van der Waals surface area (Å²) in [6.45, 7) is -0.0135. The van der Waals surface area contributed by atoms with Crippen molar-refractivity contribution in [3.8, 4) is 11.8 Å². The second-order valence-corrected chi connectivity index (χ2v) is 7.51. The van der Waals surface area contributed by atoms with Gasteiger partial charge in [0, 0.05) is 6.42 Å². The van der Waals surface area contributed by atoms with Crippen LogP contribution in [0.25, 0.3) is 0 Å². The van der Waals surface area contributed by atoms with Gasteiger partial charge >= 0.3 is 0 Å². The number of sulfone groups is 1. The van der Waals surface area contributed by atoms with E-state index in [1.54, 1.807) is 24.3 Å². The van der Waals surface area contributed by atoms with Crippen LogP contribution >= 0.6 is 0 Å². The van der Waals surface area contributed by atoms with Gasteiger partial charge in [-0.15, -0.1) is 0 Å². The fourth-order valence-corrected chi connectivity index (χ4v) is 4.15. The van der Waals surface area contributed by atoms with E-state index in [1.165, 1.54) is 6.21 Å². The van der Waals surface area contributed by atoms with Crippen molar-refractivity contribution in [2.24, 2.45) is 11.0 Å². The summed E-state index contributed by atoms with van der Waals surface area (Å²) < 4.78 is 27.8. The molecule has 1 aromatic rings. The highest BCUT2D eigenvalue weighted by Gasteiger charge is 2.29. The third kappa shape index (κ3) is 5.71. The van der Waals surface area contributed by atoms with Gasteiger partial charge in [-0.2, -0.15) is 10.4 Å². The molecule has 1 heterocycles. The molecule has 0 aliphatic carbocycles. The van der Waals surface area contributed by atoms with Crippen molar-refractivity contribution < 1.29 is 17.9 Å². The van der Waals surface area contributed by atoms with Gasteiger partial charge in [0.1, 0.15) is 11.8 Å². The zero-order chi connectivity index (χ0) is 16.7. The van der Waals surface area contributed by atoms with Gasteiger partial charge in [-0.3, -0.25) is 4.79 Å². The number of carbonyl (C=O) groups is 1. The molecule has 8 heteroatoms. The summed E-state index contributed by atoms with van der Waals surface area (Å²) in [6, 6.07) is 8.76. The number of rotatable bonds is 6. The number of hydrazone groups is 1. The Kier molecular flexibility index (Phi) is 5.71. The molecule has 1 aliphatic rings. The number of hydrogen-bond donors (Lipinski definition) is 1. The maximum atomic E-state index is 11.7. The van der Waals surface area contributed by atoms with E-state index in [1.807, 2.05) is 6.07 Å². The van der Waals surface area contributed by atoms with Crippen LogP contribution in [0.2, 0.25) is 0 Å². The Morgan fingerprint density at radius 1 is 1.43 bits per heavy atom. The monoisotopic (exact) mass is 335 g/mol. The molecular weight excluding hydrogens is 318 g/mol. The third-order valence-corrected chi connectivity index (χ3v) is 5.22. The van der Waals surface area contributed by atoms with Crippen LogP contribution in [0.1, 0.15) is 18.4 Å². The number of nitrogens with zero attached hydrogens (tertiary/aromatic N) is 2. The molecule has 0 spiro atoms. The van der Waals surface area contributed by atoms with Gasteiger partial charge in [-0.1, -0.05) is 0 Å². The average molecular weight is 335 g/mol. The van der Waals surface area contributed by atoms with Crippen molar-refractivity contribution in [1.82, 2.24) is 5.43 Å². The van der Waals surface area contributed by atoms with Gasteiger partial charge in [0.25, 0.3) is 0 Å². The van der Waals surface area contributed by atoms with E-state index >= 15 is 0 Å². The first-order valence-corrected chi connectivity index (χ1v) is 8.93. The smallest absolute Gasteiger partial charge is 0.240 e. The number of benzene rings is 1. The van der Waals surface area contributed by atoms with Crippen LogP contribution in [-0.2, 0) is 14.6 Å². The molecule has 1 N–H and O–H groups in total. The molecule has 1 aliphatic heterocycles. The Morgan fingerprint density at radius 3 is 2.78 bits per heavy atom. The lowest BCUT2D eigenvalue weighted by atomic mass is 10.1. The van der Waals surface area contributed by atoms with Crippen LogP contribution in [0.3, 0.4) is 0 Å². The number of nitrogens with one attached hydrogen (secondary N) is 1. The van der Waals surface area contributed by atoms with Crippen molar-refractivity contribution in [2.75, 3.05) is 18.1 Å². The number of ether oxygens (including phenoxy) is 1. The van der Waals surface area contributed by atoms with Gasteiger partial charge < -0.3 is 4.74 Å². The van der Waals surface area contributed by atoms with E-state index in [2.05, 4.69) is 10.5 Å². The summed E-state index contributed by atoms with van der Waals surface area (Å²) in [6.07, 6.45) is 2.18. The Morgan fingerprint density at radius 2 is 2.17 bits per heavy atom. The fourth-order valence-electron chi connectivity index (χ4n) is 2.29. The van der Waals surface area contributed by atoms with E-state index in [0.717, 1.165) is 5.56 Å². The minimum atomic E-state index is -2.97. The molecule has 1 atom stereocenters. The van der Waals surface area contributed by atoms with Crippen LogP contribution in [0.5, 0.6) is 5.75 Å². The van der Waals surface area contributed by atoms with E-state index in [9.17, 15) is 13.2 Å². The summed E-state index contributed by atoms with van der Waals surface area (Å²) in [5.74, 6) is 0.405. The molecule has 2 rings (SSSR count). The molecule has 1 amide bonds. The first-order valence-electron chi connectivity index (χ1n) is 7.10. The lowest BCUT2D eigenvalue weighted by Crippen LogP contribution is -2.21. The molecule has 0 aromatic heterocycles. The molecule has 7 nitrogen and oxygen atoms in total. The Labute approximate surface area is 134 Å². The molecule has 1 saturated heterocycles. The topological polar surface area (TPSA) is 109 Å². The Balaban J connectivity index is 1.77. The van der Waals surface area contributed by atoms with Gasteiger partial charge in [0.15, 0.2) is 16.4 Å². The lowest BCUT2D eigenvalue weighted by Gasteiger charge is -2.05. The Bertz CT molecular complexity index is 720. The SMILES string of the molecule is N#CCOc1ccc(/C=N\NC(=O)C[C@H]2CCS(=O)(=O)C2)cc1. The second kappa shape index (κ2) is 7.74. The molecule has 0 bridgehead atoms. The maximum absolute atomic E-state index is 11.7. The molecule has 1 fully saturated rings. The van der Waals surface area contributed by atoms with E-state index in [0.29, 0.717) is 12.2 Å². The average Bonchev–Trinajstić information content (AvgIpc) is 2.85. The number of amides is 1. The molecule has 1 aromatic carbocycles. The van der Waals surface area contributed by atoms with Crippen molar-refractivity contribution in [3.05, 3.63) is 29.8 Å². The van der Waals surface area contributed by atoms with Crippen LogP contribution in [0, 0.1) is 17.2 Å². The molecule has 122 valence electrons. The largest absolute Gasteiger partial charge is 0.479 e. The first-order chi connectivity index (χ1) is 11.0. The molecule has 0 unspecified atom stereocenters. The maximum Gasteiger partial charge on any atom is 0.240 e. The van der Waals surface area contributed by atoms with Crippen molar-refractivity contribution >= 4 is 22.0 Å². The predicted molar refractivity (Wildman–Crippen MR) is 84.7 cm³/mol. The van der Waals surface area contributed by atoms with Crippen molar-refractivity contribution in [2.45, 2.75) is 12.8 Å². The van der Waals surface area contributed by atoms with Gasteiger partial charge in [0.2, 0.25) is 5.91 Å². The third-order valence-electron chi connectivity index (χ3n) is 3.39. The van der Waals surface area contributed by atoms with Crippen LogP contribution in [-0.4, -0.2) is 38.7 Å². The minimum Gasteiger partial charge on any atom is -0.479 e. The Hall–Kier alpha value is -2.40.